The van der Waals surface area contributed by atoms with Crippen LogP contribution in [0.4, 0.5) is 5.69 Å². The largest absolute Gasteiger partial charge is 0.493 e. The summed E-state index contributed by atoms with van der Waals surface area (Å²) in [7, 11) is 0. The lowest BCUT2D eigenvalue weighted by molar-refractivity contribution is -0.137. The van der Waals surface area contributed by atoms with Crippen LogP contribution in [0.25, 0.3) is 33.3 Å². The topological polar surface area (TPSA) is 95.2 Å². The van der Waals surface area contributed by atoms with Gasteiger partial charge in [0.05, 0.1) is 23.5 Å². The zero-order chi connectivity index (χ0) is 28.1. The molecule has 0 saturated carbocycles. The van der Waals surface area contributed by atoms with Crippen molar-refractivity contribution in [1.29, 1.82) is 5.26 Å². The standard InChI is InChI=1S/C33H26ClN3O3/c1-2-40-30-11-7-6-10-25(30)22-12-14-23(15-13-22)31-27(20-35)32(26-19-24(34)16-17-28(26)36-31)37-29(33(38)39)18-21-8-4-3-5-9-21/h3-17,19,29H,2,18H2,1H3,(H,36,37)(H,38,39)/t29-/m1/s1. The third-order valence-electron chi connectivity index (χ3n) is 6.61. The summed E-state index contributed by atoms with van der Waals surface area (Å²) >= 11 is 6.32. The molecular weight excluding hydrogens is 522 g/mol. The number of nitrogens with one attached hydrogen (secondary N) is 1. The van der Waals surface area contributed by atoms with E-state index in [1.54, 1.807) is 18.2 Å². The molecular formula is C33H26ClN3O3. The van der Waals surface area contributed by atoms with E-state index in [-0.39, 0.29) is 12.0 Å². The van der Waals surface area contributed by atoms with Crippen LogP contribution < -0.4 is 10.1 Å². The van der Waals surface area contributed by atoms with Crippen molar-refractivity contribution in [1.82, 2.24) is 4.98 Å². The highest BCUT2D eigenvalue weighted by molar-refractivity contribution is 6.31. The van der Waals surface area contributed by atoms with Crippen LogP contribution in [0.5, 0.6) is 5.75 Å². The van der Waals surface area contributed by atoms with Crippen molar-refractivity contribution in [3.63, 3.8) is 0 Å². The van der Waals surface area contributed by atoms with Gasteiger partial charge in [0.1, 0.15) is 23.4 Å². The number of aliphatic carboxylic acids is 1. The van der Waals surface area contributed by atoms with Gasteiger partial charge in [-0.3, -0.25) is 0 Å². The molecule has 0 radical (unpaired) electrons. The normalized spacial score (nSPS) is 11.5. The Hall–Kier alpha value is -4.86. The molecule has 7 heteroatoms. The molecule has 0 fully saturated rings. The summed E-state index contributed by atoms with van der Waals surface area (Å²) in [6.45, 7) is 2.51. The second-order valence-corrected chi connectivity index (χ2v) is 9.65. The first kappa shape index (κ1) is 26.7. The minimum Gasteiger partial charge on any atom is -0.493 e. The fourth-order valence-electron chi connectivity index (χ4n) is 4.72. The Balaban J connectivity index is 1.61. The number of fused-ring (bicyclic) bond motifs is 1. The first-order valence-corrected chi connectivity index (χ1v) is 13.3. The molecule has 0 aliphatic heterocycles. The monoisotopic (exact) mass is 547 g/mol. The molecule has 1 atom stereocenters. The van der Waals surface area contributed by atoms with Crippen LogP contribution in [0.15, 0.2) is 97.1 Å². The number of hydrogen-bond acceptors (Lipinski definition) is 5. The van der Waals surface area contributed by atoms with Crippen molar-refractivity contribution in [2.75, 3.05) is 11.9 Å². The quantitative estimate of drug-likeness (QED) is 0.197. The summed E-state index contributed by atoms with van der Waals surface area (Å²) in [4.78, 5) is 17.1. The molecule has 40 heavy (non-hydrogen) atoms. The lowest BCUT2D eigenvalue weighted by Crippen LogP contribution is -2.32. The molecule has 6 nitrogen and oxygen atoms in total. The van der Waals surface area contributed by atoms with Gasteiger partial charge in [0, 0.05) is 28.0 Å². The predicted molar refractivity (Wildman–Crippen MR) is 159 cm³/mol. The number of anilines is 1. The third-order valence-corrected chi connectivity index (χ3v) is 6.85. The van der Waals surface area contributed by atoms with Crippen LogP contribution in [-0.2, 0) is 11.2 Å². The number of benzene rings is 4. The number of hydrogen-bond donors (Lipinski definition) is 2. The summed E-state index contributed by atoms with van der Waals surface area (Å²) < 4.78 is 5.79. The molecule has 198 valence electrons. The number of rotatable bonds is 9. The molecule has 0 aliphatic carbocycles. The Morgan fingerprint density at radius 3 is 2.40 bits per heavy atom. The van der Waals surface area contributed by atoms with Crippen LogP contribution in [0.1, 0.15) is 18.1 Å². The van der Waals surface area contributed by atoms with Crippen molar-refractivity contribution in [2.24, 2.45) is 0 Å². The first-order chi connectivity index (χ1) is 19.5. The number of para-hydroxylation sites is 1. The molecule has 5 rings (SSSR count). The number of carboxylic acid groups (broad SMARTS) is 1. The maximum Gasteiger partial charge on any atom is 0.326 e. The van der Waals surface area contributed by atoms with E-state index in [1.807, 2.05) is 85.8 Å². The van der Waals surface area contributed by atoms with Gasteiger partial charge in [0.2, 0.25) is 0 Å². The number of nitriles is 1. The van der Waals surface area contributed by atoms with Gasteiger partial charge in [-0.05, 0) is 42.3 Å². The van der Waals surface area contributed by atoms with Crippen molar-refractivity contribution < 1.29 is 14.6 Å². The lowest BCUT2D eigenvalue weighted by Gasteiger charge is -2.20. The van der Waals surface area contributed by atoms with E-state index < -0.39 is 12.0 Å². The van der Waals surface area contributed by atoms with Gasteiger partial charge in [-0.15, -0.1) is 0 Å². The molecule has 1 aromatic heterocycles. The van der Waals surface area contributed by atoms with Crippen LogP contribution in [0.2, 0.25) is 5.02 Å². The fraction of sp³-hybridized carbons (Fsp3) is 0.121. The first-order valence-electron chi connectivity index (χ1n) is 12.9. The number of aromatic nitrogens is 1. The van der Waals surface area contributed by atoms with Crippen molar-refractivity contribution >= 4 is 34.2 Å². The number of ether oxygens (including phenoxy) is 1. The molecule has 0 bridgehead atoms. The van der Waals surface area contributed by atoms with E-state index in [1.165, 1.54) is 0 Å². The summed E-state index contributed by atoms with van der Waals surface area (Å²) in [5.74, 6) is -0.237. The van der Waals surface area contributed by atoms with Gasteiger partial charge < -0.3 is 15.2 Å². The van der Waals surface area contributed by atoms with E-state index in [9.17, 15) is 15.2 Å². The SMILES string of the molecule is CCOc1ccccc1-c1ccc(-c2nc3ccc(Cl)cc3c(N[C@H](Cc3ccccc3)C(=O)O)c2C#N)cc1. The van der Waals surface area contributed by atoms with Crippen molar-refractivity contribution in [3.05, 3.63) is 113 Å². The maximum atomic E-state index is 12.3. The van der Waals surface area contributed by atoms with Crippen LogP contribution in [-0.4, -0.2) is 28.7 Å². The van der Waals surface area contributed by atoms with Crippen molar-refractivity contribution in [3.8, 4) is 34.2 Å². The molecule has 0 saturated heterocycles. The van der Waals surface area contributed by atoms with E-state index in [0.29, 0.717) is 33.9 Å². The van der Waals surface area contributed by atoms with E-state index >= 15 is 0 Å². The Bertz CT molecular complexity index is 1710. The molecule has 2 N–H and O–H groups in total. The van der Waals surface area contributed by atoms with E-state index in [0.717, 1.165) is 28.0 Å². The molecule has 0 aliphatic rings. The molecule has 5 aromatic rings. The lowest BCUT2D eigenvalue weighted by atomic mass is 9.97. The van der Waals surface area contributed by atoms with Gasteiger partial charge in [0.15, 0.2) is 0 Å². The summed E-state index contributed by atoms with van der Waals surface area (Å²) in [5, 5.41) is 24.6. The highest BCUT2D eigenvalue weighted by atomic mass is 35.5. The Kier molecular flexibility index (Phi) is 7.95. The minimum atomic E-state index is -1.03. The van der Waals surface area contributed by atoms with Gasteiger partial charge >= 0.3 is 5.97 Å². The number of pyridine rings is 1. The summed E-state index contributed by atoms with van der Waals surface area (Å²) in [6, 6.07) is 31.4. The van der Waals surface area contributed by atoms with Gasteiger partial charge in [-0.2, -0.15) is 5.26 Å². The Morgan fingerprint density at radius 2 is 1.70 bits per heavy atom. The third kappa shape index (κ3) is 5.61. The number of halogens is 1. The number of nitrogens with zero attached hydrogens (tertiary/aromatic N) is 2. The van der Waals surface area contributed by atoms with Gasteiger partial charge in [-0.25, -0.2) is 9.78 Å². The molecule has 0 amide bonds. The summed E-state index contributed by atoms with van der Waals surface area (Å²) in [6.07, 6.45) is 0.231. The fourth-order valence-corrected chi connectivity index (χ4v) is 4.89. The number of carboxylic acids is 1. The second kappa shape index (κ2) is 11.9. The maximum absolute atomic E-state index is 12.3. The summed E-state index contributed by atoms with van der Waals surface area (Å²) in [5.41, 5.74) is 5.19. The highest BCUT2D eigenvalue weighted by Crippen LogP contribution is 2.37. The average Bonchev–Trinajstić information content (AvgIpc) is 2.97. The second-order valence-electron chi connectivity index (χ2n) is 9.22. The van der Waals surface area contributed by atoms with Gasteiger partial charge in [-0.1, -0.05) is 84.4 Å². The highest BCUT2D eigenvalue weighted by Gasteiger charge is 2.24. The van der Waals surface area contributed by atoms with Gasteiger partial charge in [0.25, 0.3) is 0 Å². The van der Waals surface area contributed by atoms with Crippen molar-refractivity contribution in [2.45, 2.75) is 19.4 Å². The number of carbonyl (C=O) groups is 1. The zero-order valence-electron chi connectivity index (χ0n) is 21.8. The molecule has 1 heterocycles. The van der Waals surface area contributed by atoms with E-state index in [2.05, 4.69) is 11.4 Å². The average molecular weight is 548 g/mol. The van der Waals surface area contributed by atoms with Crippen LogP contribution in [0, 0.1) is 11.3 Å². The molecule has 0 spiro atoms. The Labute approximate surface area is 237 Å². The smallest absolute Gasteiger partial charge is 0.326 e. The zero-order valence-corrected chi connectivity index (χ0v) is 22.5. The van der Waals surface area contributed by atoms with E-state index in [4.69, 9.17) is 21.3 Å². The van der Waals surface area contributed by atoms with Crippen LogP contribution in [0.3, 0.4) is 0 Å². The molecule has 0 unspecified atom stereocenters. The predicted octanol–water partition coefficient (Wildman–Crippen LogP) is 7.60. The Morgan fingerprint density at radius 1 is 1.00 bits per heavy atom. The van der Waals surface area contributed by atoms with Crippen LogP contribution >= 0.6 is 11.6 Å². The molecule has 4 aromatic carbocycles. The minimum absolute atomic E-state index is 0.231.